The first-order valence-electron chi connectivity index (χ1n) is 7.66. The second-order valence-corrected chi connectivity index (χ2v) is 6.13. The van der Waals surface area contributed by atoms with Crippen LogP contribution in [0.4, 0.5) is 33.9 Å². The van der Waals surface area contributed by atoms with Crippen molar-refractivity contribution in [3.05, 3.63) is 58.6 Å². The van der Waals surface area contributed by atoms with Gasteiger partial charge in [-0.2, -0.15) is 18.3 Å². The molecule has 0 aliphatic rings. The number of aromatic nitrogens is 3. The number of benzene rings is 1. The number of nitrogens with one attached hydrogen (secondary N) is 1. The molecule has 0 saturated heterocycles. The SMILES string of the molecule is Cc1cc(-c2cc(N(C(=O)O)c3ccc(F)c(C(F)(F)F)c3)n[nH]2)cc(Cl)n1. The first-order chi connectivity index (χ1) is 13.1. The van der Waals surface area contributed by atoms with E-state index in [1.165, 1.54) is 12.1 Å². The molecular weight excluding hydrogens is 404 g/mol. The van der Waals surface area contributed by atoms with E-state index in [2.05, 4.69) is 15.2 Å². The number of hydrogen-bond acceptors (Lipinski definition) is 3. The minimum Gasteiger partial charge on any atom is -0.464 e. The predicted molar refractivity (Wildman–Crippen MR) is 93.1 cm³/mol. The lowest BCUT2D eigenvalue weighted by Crippen LogP contribution is -2.24. The van der Waals surface area contributed by atoms with Gasteiger partial charge in [-0.3, -0.25) is 5.10 Å². The quantitative estimate of drug-likeness (QED) is 0.443. The van der Waals surface area contributed by atoms with Gasteiger partial charge in [-0.05, 0) is 37.3 Å². The molecule has 2 N–H and O–H groups in total. The minimum absolute atomic E-state index is 0.201. The number of carbonyl (C=O) groups is 1. The molecule has 3 aromatic rings. The van der Waals surface area contributed by atoms with Crippen molar-refractivity contribution in [2.24, 2.45) is 0 Å². The van der Waals surface area contributed by atoms with E-state index in [-0.39, 0.29) is 11.0 Å². The lowest BCUT2D eigenvalue weighted by Gasteiger charge is -2.18. The van der Waals surface area contributed by atoms with Gasteiger partial charge in [0.1, 0.15) is 11.0 Å². The van der Waals surface area contributed by atoms with Crippen molar-refractivity contribution in [1.82, 2.24) is 15.2 Å². The van der Waals surface area contributed by atoms with Crippen LogP contribution in [0.2, 0.25) is 5.15 Å². The van der Waals surface area contributed by atoms with Crippen LogP contribution in [-0.4, -0.2) is 26.4 Å². The van der Waals surface area contributed by atoms with Crippen LogP contribution < -0.4 is 4.90 Å². The number of aryl methyl sites for hydroxylation is 1. The number of amides is 1. The van der Waals surface area contributed by atoms with Gasteiger partial charge in [-0.1, -0.05) is 11.6 Å². The van der Waals surface area contributed by atoms with Crippen molar-refractivity contribution in [1.29, 1.82) is 0 Å². The molecule has 0 saturated carbocycles. The van der Waals surface area contributed by atoms with Gasteiger partial charge in [0.25, 0.3) is 0 Å². The molecule has 0 spiro atoms. The number of nitrogens with zero attached hydrogens (tertiary/aromatic N) is 3. The first kappa shape index (κ1) is 19.6. The molecule has 2 aromatic heterocycles. The van der Waals surface area contributed by atoms with Crippen LogP contribution in [0.1, 0.15) is 11.3 Å². The third kappa shape index (κ3) is 3.91. The summed E-state index contributed by atoms with van der Waals surface area (Å²) in [4.78, 5) is 16.2. The zero-order chi connectivity index (χ0) is 20.6. The van der Waals surface area contributed by atoms with Crippen LogP contribution in [0.3, 0.4) is 0 Å². The third-order valence-electron chi connectivity index (χ3n) is 3.73. The molecule has 146 valence electrons. The highest BCUT2D eigenvalue weighted by molar-refractivity contribution is 6.29. The van der Waals surface area contributed by atoms with Crippen LogP contribution in [0.15, 0.2) is 36.4 Å². The van der Waals surface area contributed by atoms with Gasteiger partial charge < -0.3 is 5.11 Å². The summed E-state index contributed by atoms with van der Waals surface area (Å²) in [6.45, 7) is 1.70. The van der Waals surface area contributed by atoms with Crippen molar-refractivity contribution in [2.45, 2.75) is 13.1 Å². The third-order valence-corrected chi connectivity index (χ3v) is 3.93. The molecule has 1 aromatic carbocycles. The molecule has 0 fully saturated rings. The number of alkyl halides is 3. The highest BCUT2D eigenvalue weighted by Gasteiger charge is 2.35. The summed E-state index contributed by atoms with van der Waals surface area (Å²) in [5.41, 5.74) is -0.475. The summed E-state index contributed by atoms with van der Waals surface area (Å²) in [6, 6.07) is 6.36. The topological polar surface area (TPSA) is 82.1 Å². The molecule has 0 bridgehead atoms. The van der Waals surface area contributed by atoms with Crippen molar-refractivity contribution in [3.63, 3.8) is 0 Å². The Morgan fingerprint density at radius 3 is 2.54 bits per heavy atom. The van der Waals surface area contributed by atoms with E-state index >= 15 is 0 Å². The molecule has 1 amide bonds. The second kappa shape index (κ2) is 7.12. The number of halogens is 5. The van der Waals surface area contributed by atoms with Crippen LogP contribution in [0.5, 0.6) is 0 Å². The van der Waals surface area contributed by atoms with E-state index in [4.69, 9.17) is 11.6 Å². The van der Waals surface area contributed by atoms with E-state index in [1.54, 1.807) is 13.0 Å². The molecule has 6 nitrogen and oxygen atoms in total. The monoisotopic (exact) mass is 414 g/mol. The molecular formula is C17H11ClF4N4O2. The van der Waals surface area contributed by atoms with Crippen LogP contribution >= 0.6 is 11.6 Å². The average molecular weight is 415 g/mol. The van der Waals surface area contributed by atoms with Crippen molar-refractivity contribution >= 4 is 29.2 Å². The zero-order valence-electron chi connectivity index (χ0n) is 14.1. The zero-order valence-corrected chi connectivity index (χ0v) is 14.8. The van der Waals surface area contributed by atoms with Crippen LogP contribution in [-0.2, 0) is 6.18 Å². The normalized spacial score (nSPS) is 11.5. The standard InChI is InChI=1S/C17H11ClF4N4O2/c1-8-4-9(5-14(18)23-8)13-7-15(25-24-13)26(16(27)28)10-2-3-12(19)11(6-10)17(20,21)22/h2-7H,1H3,(H,24,25)(H,27,28). The van der Waals surface area contributed by atoms with E-state index in [0.717, 1.165) is 6.07 Å². The van der Waals surface area contributed by atoms with Gasteiger partial charge in [-0.15, -0.1) is 0 Å². The maximum atomic E-state index is 13.5. The lowest BCUT2D eigenvalue weighted by atomic mass is 10.1. The predicted octanol–water partition coefficient (Wildman–Crippen LogP) is 5.41. The number of H-pyrrole nitrogens is 1. The summed E-state index contributed by atoms with van der Waals surface area (Å²) in [6.07, 6.45) is -6.58. The maximum absolute atomic E-state index is 13.5. The minimum atomic E-state index is -4.98. The Balaban J connectivity index is 2.05. The summed E-state index contributed by atoms with van der Waals surface area (Å²) in [5, 5.41) is 16.1. The van der Waals surface area contributed by atoms with Gasteiger partial charge in [0, 0.05) is 17.3 Å². The lowest BCUT2D eigenvalue weighted by molar-refractivity contribution is -0.139. The molecule has 0 radical (unpaired) electrons. The summed E-state index contributed by atoms with van der Waals surface area (Å²) in [5.74, 6) is -1.71. The number of anilines is 2. The Morgan fingerprint density at radius 1 is 1.21 bits per heavy atom. The number of aromatic amines is 1. The number of pyridine rings is 1. The fraction of sp³-hybridized carbons (Fsp3) is 0.118. The molecule has 0 aliphatic carbocycles. The Labute approximate surface area is 160 Å². The van der Waals surface area contributed by atoms with Crippen molar-refractivity contribution in [2.75, 3.05) is 4.90 Å². The van der Waals surface area contributed by atoms with E-state index in [9.17, 15) is 27.5 Å². The Morgan fingerprint density at radius 2 is 1.93 bits per heavy atom. The number of rotatable bonds is 3. The van der Waals surface area contributed by atoms with Gasteiger partial charge in [0.2, 0.25) is 0 Å². The van der Waals surface area contributed by atoms with Crippen molar-refractivity contribution < 1.29 is 27.5 Å². The molecule has 3 rings (SSSR count). The largest absolute Gasteiger partial charge is 0.464 e. The van der Waals surface area contributed by atoms with E-state index in [1.807, 2.05) is 0 Å². The molecule has 0 aliphatic heterocycles. The molecule has 28 heavy (non-hydrogen) atoms. The summed E-state index contributed by atoms with van der Waals surface area (Å²) < 4.78 is 52.4. The molecule has 2 heterocycles. The highest BCUT2D eigenvalue weighted by atomic mass is 35.5. The average Bonchev–Trinajstić information content (AvgIpc) is 3.04. The molecule has 0 unspecified atom stereocenters. The van der Waals surface area contributed by atoms with E-state index in [0.29, 0.717) is 34.0 Å². The van der Waals surface area contributed by atoms with Gasteiger partial charge >= 0.3 is 12.3 Å². The Bertz CT molecular complexity index is 1030. The fourth-order valence-corrected chi connectivity index (χ4v) is 2.82. The fourth-order valence-electron chi connectivity index (χ4n) is 2.57. The summed E-state index contributed by atoms with van der Waals surface area (Å²) >= 11 is 5.90. The molecule has 11 heteroatoms. The first-order valence-corrected chi connectivity index (χ1v) is 8.04. The van der Waals surface area contributed by atoms with Crippen LogP contribution in [0.25, 0.3) is 11.3 Å². The summed E-state index contributed by atoms with van der Waals surface area (Å²) in [7, 11) is 0. The maximum Gasteiger partial charge on any atom is 0.419 e. The number of hydrogen-bond donors (Lipinski definition) is 2. The van der Waals surface area contributed by atoms with Gasteiger partial charge in [-0.25, -0.2) is 19.1 Å². The van der Waals surface area contributed by atoms with Crippen molar-refractivity contribution in [3.8, 4) is 11.3 Å². The second-order valence-electron chi connectivity index (χ2n) is 5.74. The smallest absolute Gasteiger partial charge is 0.419 e. The molecule has 0 atom stereocenters. The van der Waals surface area contributed by atoms with Crippen LogP contribution in [0, 0.1) is 12.7 Å². The Kier molecular flexibility index (Phi) is 4.99. The van der Waals surface area contributed by atoms with E-state index < -0.39 is 29.3 Å². The van der Waals surface area contributed by atoms with Gasteiger partial charge in [0.15, 0.2) is 5.82 Å². The highest BCUT2D eigenvalue weighted by Crippen LogP contribution is 2.36. The Hall–Kier alpha value is -3.14. The van der Waals surface area contributed by atoms with Gasteiger partial charge in [0.05, 0.1) is 16.9 Å². The number of carboxylic acid groups (broad SMARTS) is 1.